The van der Waals surface area contributed by atoms with Gasteiger partial charge in [0.1, 0.15) is 5.75 Å². The highest BCUT2D eigenvalue weighted by molar-refractivity contribution is 6.56. The first-order valence-corrected chi connectivity index (χ1v) is 8.44. The molecule has 0 spiro atoms. The fourth-order valence-electron chi connectivity index (χ4n) is 2.51. The summed E-state index contributed by atoms with van der Waals surface area (Å²) in [5, 5.41) is 12.1. The highest BCUT2D eigenvalue weighted by atomic mass is 19.4. The van der Waals surface area contributed by atoms with Gasteiger partial charge >= 0.3 is 13.3 Å². The van der Waals surface area contributed by atoms with Crippen LogP contribution in [0.4, 0.5) is 13.2 Å². The number of hydrogen-bond donors (Lipinski definition) is 2. The van der Waals surface area contributed by atoms with E-state index in [0.717, 1.165) is 12.1 Å². The van der Waals surface area contributed by atoms with Crippen molar-refractivity contribution in [3.8, 4) is 5.75 Å². The predicted molar refractivity (Wildman–Crippen MR) is 95.9 cm³/mol. The second-order valence-electron chi connectivity index (χ2n) is 7.49. The number of hydrogen-bond acceptors (Lipinski definition) is 4. The summed E-state index contributed by atoms with van der Waals surface area (Å²) in [6.07, 6.45) is -3.22. The third kappa shape index (κ3) is 4.84. The van der Waals surface area contributed by atoms with Gasteiger partial charge in [0.2, 0.25) is 5.91 Å². The maximum atomic E-state index is 13.0. The van der Waals surface area contributed by atoms with Crippen molar-refractivity contribution >= 4 is 19.1 Å². The minimum absolute atomic E-state index is 0.0500. The Balaban J connectivity index is 2.42. The number of aromatic hydroxyl groups is 1. The van der Waals surface area contributed by atoms with Gasteiger partial charge in [-0.25, -0.2) is 0 Å². The lowest BCUT2D eigenvalue weighted by Gasteiger charge is -2.32. The first-order chi connectivity index (χ1) is 12.2. The van der Waals surface area contributed by atoms with E-state index in [2.05, 4.69) is 5.32 Å². The minimum atomic E-state index is -4.68. The zero-order valence-corrected chi connectivity index (χ0v) is 15.9. The molecule has 148 valence electrons. The minimum Gasteiger partial charge on any atom is -0.507 e. The molecule has 1 aliphatic heterocycles. The maximum absolute atomic E-state index is 13.0. The monoisotopic (exact) mass is 385 g/mol. The SMILES string of the molecule is CC(=O)NCC(=Cc1ccc(O)c(C(F)(F)F)c1)B1OC(C)(C)C(C)(C)O1. The molecule has 9 heteroatoms. The van der Waals surface area contributed by atoms with Gasteiger partial charge in [-0.2, -0.15) is 13.2 Å². The van der Waals surface area contributed by atoms with Crippen LogP contribution in [0.3, 0.4) is 0 Å². The van der Waals surface area contributed by atoms with Gasteiger partial charge in [-0.05, 0) is 50.9 Å². The van der Waals surface area contributed by atoms with Crippen molar-refractivity contribution in [3.05, 3.63) is 34.8 Å². The van der Waals surface area contributed by atoms with Gasteiger partial charge in [-0.15, -0.1) is 0 Å². The second-order valence-corrected chi connectivity index (χ2v) is 7.49. The lowest BCUT2D eigenvalue weighted by Crippen LogP contribution is -2.41. The standard InChI is InChI=1S/C18H23BF3NO4/c1-11(24)23-10-13(19-26-16(2,3)17(4,5)27-19)8-12-6-7-15(25)14(9-12)18(20,21)22/h6-9,25H,10H2,1-5H3,(H,23,24). The van der Waals surface area contributed by atoms with Crippen molar-refractivity contribution in [2.75, 3.05) is 6.54 Å². The quantitative estimate of drug-likeness (QED) is 0.778. The van der Waals surface area contributed by atoms with Gasteiger partial charge in [0.05, 0.1) is 16.8 Å². The van der Waals surface area contributed by atoms with Gasteiger partial charge in [0.15, 0.2) is 0 Å². The highest BCUT2D eigenvalue weighted by Crippen LogP contribution is 2.39. The Hall–Kier alpha value is -2.00. The molecule has 2 rings (SSSR count). The Morgan fingerprint density at radius 3 is 2.26 bits per heavy atom. The van der Waals surface area contributed by atoms with E-state index in [1.54, 1.807) is 0 Å². The Bertz CT molecular complexity index is 743. The number of amides is 1. The van der Waals surface area contributed by atoms with E-state index < -0.39 is 35.8 Å². The van der Waals surface area contributed by atoms with E-state index in [1.807, 2.05) is 27.7 Å². The Morgan fingerprint density at radius 1 is 1.22 bits per heavy atom. The fraction of sp³-hybridized carbons (Fsp3) is 0.500. The van der Waals surface area contributed by atoms with Crippen molar-refractivity contribution < 1.29 is 32.4 Å². The van der Waals surface area contributed by atoms with Crippen LogP contribution in [0.2, 0.25) is 0 Å². The average Bonchev–Trinajstić information content (AvgIpc) is 2.72. The smallest absolute Gasteiger partial charge is 0.492 e. The van der Waals surface area contributed by atoms with Crippen molar-refractivity contribution in [1.82, 2.24) is 5.32 Å². The van der Waals surface area contributed by atoms with Crippen molar-refractivity contribution in [1.29, 1.82) is 0 Å². The Morgan fingerprint density at radius 2 is 1.78 bits per heavy atom. The van der Waals surface area contributed by atoms with E-state index in [-0.39, 0.29) is 18.0 Å². The van der Waals surface area contributed by atoms with Crippen LogP contribution >= 0.6 is 0 Å². The summed E-state index contributed by atoms with van der Waals surface area (Å²) in [4.78, 5) is 11.3. The van der Waals surface area contributed by atoms with Crippen LogP contribution in [0.15, 0.2) is 23.7 Å². The largest absolute Gasteiger partial charge is 0.507 e. The second kappa shape index (κ2) is 7.20. The van der Waals surface area contributed by atoms with Crippen LogP contribution in [0, 0.1) is 0 Å². The highest BCUT2D eigenvalue weighted by Gasteiger charge is 2.52. The van der Waals surface area contributed by atoms with E-state index in [1.165, 1.54) is 19.1 Å². The van der Waals surface area contributed by atoms with Gasteiger partial charge in [0, 0.05) is 13.5 Å². The number of benzene rings is 1. The van der Waals surface area contributed by atoms with Gasteiger partial charge in [-0.1, -0.05) is 12.1 Å². The number of alkyl halides is 3. The lowest BCUT2D eigenvalue weighted by molar-refractivity contribution is -0.138. The number of phenolic OH excluding ortho intramolecular Hbond substituents is 1. The number of phenols is 1. The Kier molecular flexibility index (Phi) is 5.68. The number of carbonyl (C=O) groups excluding carboxylic acids is 1. The fourth-order valence-corrected chi connectivity index (χ4v) is 2.51. The third-order valence-electron chi connectivity index (χ3n) is 4.78. The van der Waals surface area contributed by atoms with Gasteiger partial charge < -0.3 is 19.7 Å². The van der Waals surface area contributed by atoms with Crippen LogP contribution in [-0.2, 0) is 20.3 Å². The molecule has 0 bridgehead atoms. The number of rotatable bonds is 4. The summed E-state index contributed by atoms with van der Waals surface area (Å²) >= 11 is 0. The molecule has 0 saturated carbocycles. The first kappa shape index (κ1) is 21.3. The summed E-state index contributed by atoms with van der Waals surface area (Å²) in [6, 6.07) is 3.17. The van der Waals surface area contributed by atoms with E-state index in [0.29, 0.717) is 5.47 Å². The van der Waals surface area contributed by atoms with Crippen LogP contribution < -0.4 is 5.32 Å². The number of halogens is 3. The molecule has 1 aromatic rings. The summed E-state index contributed by atoms with van der Waals surface area (Å²) < 4.78 is 51.0. The molecule has 0 atom stereocenters. The molecule has 27 heavy (non-hydrogen) atoms. The summed E-state index contributed by atoms with van der Waals surface area (Å²) in [6.45, 7) is 8.80. The van der Waals surface area contributed by atoms with Crippen molar-refractivity contribution in [2.24, 2.45) is 0 Å². The topological polar surface area (TPSA) is 67.8 Å². The van der Waals surface area contributed by atoms with Crippen LogP contribution in [0.5, 0.6) is 5.75 Å². The maximum Gasteiger partial charge on any atom is 0.492 e. The van der Waals surface area contributed by atoms with E-state index in [4.69, 9.17) is 9.31 Å². The molecule has 1 aromatic carbocycles. The number of nitrogens with one attached hydrogen (secondary N) is 1. The lowest BCUT2D eigenvalue weighted by atomic mass is 9.77. The molecule has 0 aliphatic carbocycles. The normalized spacial score (nSPS) is 19.3. The molecule has 0 unspecified atom stereocenters. The molecule has 2 N–H and O–H groups in total. The molecule has 1 fully saturated rings. The predicted octanol–water partition coefficient (Wildman–Crippen LogP) is 3.56. The molecule has 5 nitrogen and oxygen atoms in total. The summed E-state index contributed by atoms with van der Waals surface area (Å²) in [5.41, 5.74) is -1.75. The molecular weight excluding hydrogens is 362 g/mol. The van der Waals surface area contributed by atoms with Crippen LogP contribution in [-0.4, -0.2) is 35.9 Å². The molecule has 0 aromatic heterocycles. The zero-order valence-electron chi connectivity index (χ0n) is 15.9. The van der Waals surface area contributed by atoms with Crippen LogP contribution in [0.25, 0.3) is 6.08 Å². The zero-order chi connectivity index (χ0) is 20.6. The molecule has 1 saturated heterocycles. The van der Waals surface area contributed by atoms with Gasteiger partial charge in [-0.3, -0.25) is 4.79 Å². The molecule has 1 amide bonds. The average molecular weight is 385 g/mol. The molecule has 0 radical (unpaired) electrons. The van der Waals surface area contributed by atoms with E-state index >= 15 is 0 Å². The van der Waals surface area contributed by atoms with Gasteiger partial charge in [0.25, 0.3) is 0 Å². The van der Waals surface area contributed by atoms with Crippen LogP contribution in [0.1, 0.15) is 45.7 Å². The summed E-state index contributed by atoms with van der Waals surface area (Å²) in [7, 11) is -0.829. The molecule has 1 aliphatic rings. The number of carbonyl (C=O) groups is 1. The van der Waals surface area contributed by atoms with Crippen molar-refractivity contribution in [2.45, 2.75) is 52.0 Å². The first-order valence-electron chi connectivity index (χ1n) is 8.44. The van der Waals surface area contributed by atoms with E-state index in [9.17, 15) is 23.1 Å². The van der Waals surface area contributed by atoms with Crippen molar-refractivity contribution in [3.63, 3.8) is 0 Å². The Labute approximate surface area is 156 Å². The molecule has 1 heterocycles. The third-order valence-corrected chi connectivity index (χ3v) is 4.78. The molecular formula is C18H23BF3NO4. The summed E-state index contributed by atoms with van der Waals surface area (Å²) in [5.74, 6) is -1.14.